The quantitative estimate of drug-likeness (QED) is 0.326. The van der Waals surface area contributed by atoms with Crippen molar-refractivity contribution in [2.24, 2.45) is 0 Å². The molecule has 0 saturated heterocycles. The molecule has 0 aromatic heterocycles. The zero-order valence-electron chi connectivity index (χ0n) is 12.6. The Morgan fingerprint density at radius 1 is 1.00 bits per heavy atom. The van der Waals surface area contributed by atoms with Crippen LogP contribution < -0.4 is 29.6 Å². The van der Waals surface area contributed by atoms with Crippen molar-refractivity contribution in [1.82, 2.24) is 0 Å². The second kappa shape index (κ2) is 12.6. The van der Waals surface area contributed by atoms with Gasteiger partial charge in [0.15, 0.2) is 0 Å². The van der Waals surface area contributed by atoms with Crippen LogP contribution in [0.1, 0.15) is 71.6 Å². The first-order valence-corrected chi connectivity index (χ1v) is 8.51. The third-order valence-corrected chi connectivity index (χ3v) is 4.44. The molecular formula is C13H27NaO4S. The van der Waals surface area contributed by atoms with Gasteiger partial charge in [0.2, 0.25) is 0 Å². The molecule has 0 rings (SSSR count). The summed E-state index contributed by atoms with van der Waals surface area (Å²) in [7, 11) is -4.27. The van der Waals surface area contributed by atoms with Gasteiger partial charge in [0.25, 0.3) is 0 Å². The Morgan fingerprint density at radius 2 is 1.58 bits per heavy atom. The second-order valence-corrected chi connectivity index (χ2v) is 6.65. The molecule has 0 saturated carbocycles. The summed E-state index contributed by atoms with van der Waals surface area (Å²) in [6.07, 6.45) is 6.51. The van der Waals surface area contributed by atoms with E-state index < -0.39 is 21.5 Å². The summed E-state index contributed by atoms with van der Waals surface area (Å²) in [5.41, 5.74) is 0. The summed E-state index contributed by atoms with van der Waals surface area (Å²) in [5, 5.41) is 8.84. The largest absolute Gasteiger partial charge is 1.00 e. The van der Waals surface area contributed by atoms with Crippen LogP contribution in [0.5, 0.6) is 0 Å². The van der Waals surface area contributed by atoms with Crippen molar-refractivity contribution < 1.29 is 47.6 Å². The summed E-state index contributed by atoms with van der Waals surface area (Å²) in [6, 6.07) is 0. The van der Waals surface area contributed by atoms with Gasteiger partial charge in [-0.1, -0.05) is 52.4 Å². The van der Waals surface area contributed by atoms with Gasteiger partial charge < -0.3 is 9.66 Å². The van der Waals surface area contributed by atoms with Crippen LogP contribution in [0.3, 0.4) is 0 Å². The molecule has 0 radical (unpaired) electrons. The van der Waals surface area contributed by atoms with Crippen LogP contribution in [0, 0.1) is 0 Å². The summed E-state index contributed by atoms with van der Waals surface area (Å²) in [5.74, 6) is 0. The Morgan fingerprint density at radius 3 is 2.05 bits per heavy atom. The van der Waals surface area contributed by atoms with E-state index in [1.165, 1.54) is 12.8 Å². The van der Waals surface area contributed by atoms with Gasteiger partial charge >= 0.3 is 29.6 Å². The zero-order valence-corrected chi connectivity index (χ0v) is 15.4. The Kier molecular flexibility index (Phi) is 14.7. The minimum absolute atomic E-state index is 0. The van der Waals surface area contributed by atoms with E-state index in [0.717, 1.165) is 19.3 Å². The number of rotatable bonds is 11. The molecule has 0 heterocycles. The van der Waals surface area contributed by atoms with Crippen LogP contribution in [0.4, 0.5) is 0 Å². The summed E-state index contributed by atoms with van der Waals surface area (Å²) >= 11 is 0. The van der Waals surface area contributed by atoms with Crippen molar-refractivity contribution >= 4 is 10.1 Å². The van der Waals surface area contributed by atoms with Crippen LogP contribution in [-0.2, 0) is 10.1 Å². The fraction of sp³-hybridized carbons (Fsp3) is 1.00. The molecule has 0 amide bonds. The third kappa shape index (κ3) is 12.3. The van der Waals surface area contributed by atoms with Crippen LogP contribution in [0.25, 0.3) is 0 Å². The van der Waals surface area contributed by atoms with Crippen LogP contribution in [-0.4, -0.2) is 29.4 Å². The first-order valence-electron chi connectivity index (χ1n) is 7.04. The molecule has 6 heteroatoms. The van der Waals surface area contributed by atoms with Crippen molar-refractivity contribution in [2.45, 2.75) is 83.0 Å². The van der Waals surface area contributed by atoms with Crippen molar-refractivity contribution in [1.29, 1.82) is 0 Å². The van der Waals surface area contributed by atoms with Gasteiger partial charge in [0, 0.05) is 0 Å². The molecular weight excluding hydrogens is 275 g/mol. The number of aliphatic hydroxyl groups excluding tert-OH is 1. The number of aliphatic hydroxyl groups is 1. The molecule has 0 aliphatic rings. The predicted molar refractivity (Wildman–Crippen MR) is 72.4 cm³/mol. The van der Waals surface area contributed by atoms with Gasteiger partial charge in [-0.25, -0.2) is 8.42 Å². The summed E-state index contributed by atoms with van der Waals surface area (Å²) < 4.78 is 33.0. The average molecular weight is 302 g/mol. The van der Waals surface area contributed by atoms with Gasteiger partial charge in [-0.05, 0) is 19.3 Å². The molecule has 1 N–H and O–H groups in total. The molecule has 0 aromatic rings. The first-order chi connectivity index (χ1) is 8.41. The minimum Gasteiger partial charge on any atom is -0.748 e. The molecule has 4 nitrogen and oxygen atoms in total. The maximum absolute atomic E-state index is 11.0. The third-order valence-electron chi connectivity index (χ3n) is 3.19. The normalized spacial score (nSPS) is 14.7. The van der Waals surface area contributed by atoms with E-state index in [1.54, 1.807) is 0 Å². The van der Waals surface area contributed by atoms with E-state index >= 15 is 0 Å². The van der Waals surface area contributed by atoms with Crippen molar-refractivity contribution in [2.75, 3.05) is 0 Å². The van der Waals surface area contributed by atoms with Crippen molar-refractivity contribution in [3.8, 4) is 0 Å². The van der Waals surface area contributed by atoms with Gasteiger partial charge in [0.05, 0.1) is 21.5 Å². The van der Waals surface area contributed by atoms with Gasteiger partial charge in [-0.3, -0.25) is 0 Å². The van der Waals surface area contributed by atoms with E-state index in [2.05, 4.69) is 6.92 Å². The van der Waals surface area contributed by atoms with Gasteiger partial charge in [0.1, 0.15) is 0 Å². The number of hydrogen-bond donors (Lipinski definition) is 1. The fourth-order valence-electron chi connectivity index (χ4n) is 2.11. The maximum Gasteiger partial charge on any atom is 1.00 e. The molecule has 19 heavy (non-hydrogen) atoms. The van der Waals surface area contributed by atoms with Gasteiger partial charge in [-0.2, -0.15) is 0 Å². The predicted octanol–water partition coefficient (Wildman–Crippen LogP) is -0.184. The minimum atomic E-state index is -4.27. The SMILES string of the molecule is CCCCCCCC(O)CC(CCC)S(=O)(=O)[O-].[Na+]. The topological polar surface area (TPSA) is 77.4 Å². The smallest absolute Gasteiger partial charge is 0.748 e. The summed E-state index contributed by atoms with van der Waals surface area (Å²) in [6.45, 7) is 3.98. The van der Waals surface area contributed by atoms with E-state index in [9.17, 15) is 18.1 Å². The molecule has 0 aromatic carbocycles. The summed E-state index contributed by atoms with van der Waals surface area (Å²) in [4.78, 5) is 0. The fourth-order valence-corrected chi connectivity index (χ4v) is 3.09. The molecule has 0 aliphatic heterocycles. The van der Waals surface area contributed by atoms with E-state index in [1.807, 2.05) is 6.92 Å². The first kappa shape index (κ1) is 22.2. The Bertz CT molecular complexity index is 293. The van der Waals surface area contributed by atoms with Crippen LogP contribution in [0.2, 0.25) is 0 Å². The monoisotopic (exact) mass is 302 g/mol. The molecule has 0 aliphatic carbocycles. The molecule has 110 valence electrons. The standard InChI is InChI=1S/C13H28O4S.Na/c1-3-5-6-7-8-10-12(14)11-13(9-4-2)18(15,16)17;/h12-14H,3-11H2,1-2H3,(H,15,16,17);/q;+1/p-1. The van der Waals surface area contributed by atoms with Crippen LogP contribution in [0.15, 0.2) is 0 Å². The Hall–Kier alpha value is 0.870. The van der Waals surface area contributed by atoms with E-state index in [4.69, 9.17) is 0 Å². The number of hydrogen-bond acceptors (Lipinski definition) is 4. The Labute approximate surface area is 140 Å². The van der Waals surface area contributed by atoms with E-state index in [0.29, 0.717) is 19.3 Å². The average Bonchev–Trinajstić information content (AvgIpc) is 2.27. The zero-order chi connectivity index (χ0) is 14.0. The molecule has 0 spiro atoms. The van der Waals surface area contributed by atoms with Gasteiger partial charge in [-0.15, -0.1) is 0 Å². The second-order valence-electron chi connectivity index (χ2n) is 5.00. The van der Waals surface area contributed by atoms with Crippen LogP contribution >= 0.6 is 0 Å². The van der Waals surface area contributed by atoms with E-state index in [-0.39, 0.29) is 36.0 Å². The number of unbranched alkanes of at least 4 members (excludes halogenated alkanes) is 4. The van der Waals surface area contributed by atoms with Crippen molar-refractivity contribution in [3.63, 3.8) is 0 Å². The molecule has 0 fully saturated rings. The molecule has 2 atom stereocenters. The van der Waals surface area contributed by atoms with Crippen molar-refractivity contribution in [3.05, 3.63) is 0 Å². The molecule has 0 bridgehead atoms. The maximum atomic E-state index is 11.0. The molecule has 2 unspecified atom stereocenters. The Balaban J connectivity index is 0.